The molecule has 0 saturated carbocycles. The number of nitrogens with zero attached hydrogens (tertiary/aromatic N) is 1. The predicted octanol–water partition coefficient (Wildman–Crippen LogP) is 2.15. The lowest BCUT2D eigenvalue weighted by atomic mass is 10.2. The minimum atomic E-state index is -0.517. The highest BCUT2D eigenvalue weighted by Crippen LogP contribution is 2.25. The van der Waals surface area contributed by atoms with E-state index in [1.165, 1.54) is 23.9 Å². The van der Waals surface area contributed by atoms with Gasteiger partial charge in [0.1, 0.15) is 0 Å². The first-order chi connectivity index (χ1) is 7.69. The largest absolute Gasteiger partial charge is 0.384 e. The number of nitro benzene ring substituents is 1. The summed E-state index contributed by atoms with van der Waals surface area (Å²) in [5, 5.41) is 10.5. The first-order valence-corrected chi connectivity index (χ1v) is 5.53. The van der Waals surface area contributed by atoms with Crippen molar-refractivity contribution in [3.8, 4) is 0 Å². The number of hydrogen-bond donors (Lipinski definition) is 0. The van der Waals surface area contributed by atoms with E-state index in [1.807, 2.05) is 0 Å². The van der Waals surface area contributed by atoms with Crippen LogP contribution >= 0.6 is 11.8 Å². The van der Waals surface area contributed by atoms with Crippen molar-refractivity contribution in [2.24, 2.45) is 0 Å². The summed E-state index contributed by atoms with van der Waals surface area (Å²) in [6.45, 7) is 0.569. The van der Waals surface area contributed by atoms with Crippen LogP contribution in [0.2, 0.25) is 0 Å². The second kappa shape index (κ2) is 6.24. The van der Waals surface area contributed by atoms with Gasteiger partial charge in [-0.3, -0.25) is 14.9 Å². The van der Waals surface area contributed by atoms with E-state index in [0.29, 0.717) is 24.2 Å². The third-order valence-electron chi connectivity index (χ3n) is 1.88. The molecule has 0 fully saturated rings. The van der Waals surface area contributed by atoms with E-state index in [2.05, 4.69) is 0 Å². The van der Waals surface area contributed by atoms with Crippen LogP contribution in [0.4, 0.5) is 5.69 Å². The van der Waals surface area contributed by atoms with Crippen molar-refractivity contribution in [3.63, 3.8) is 0 Å². The van der Waals surface area contributed by atoms with Gasteiger partial charge in [0.25, 0.3) is 5.69 Å². The standard InChI is InChI=1S/C10H11NO4S/c1-15-4-5-16-10-3-2-9(11(13)14)6-8(10)7-12/h2-3,6-7H,4-5H2,1H3. The first kappa shape index (κ1) is 12.7. The fourth-order valence-corrected chi connectivity index (χ4v) is 2.02. The molecule has 0 unspecified atom stereocenters. The van der Waals surface area contributed by atoms with E-state index in [9.17, 15) is 14.9 Å². The summed E-state index contributed by atoms with van der Waals surface area (Å²) in [6, 6.07) is 4.26. The van der Waals surface area contributed by atoms with Gasteiger partial charge in [0, 0.05) is 35.5 Å². The monoisotopic (exact) mass is 241 g/mol. The second-order valence-electron chi connectivity index (χ2n) is 2.94. The zero-order valence-electron chi connectivity index (χ0n) is 8.71. The van der Waals surface area contributed by atoms with E-state index in [1.54, 1.807) is 13.2 Å². The topological polar surface area (TPSA) is 69.4 Å². The number of benzene rings is 1. The molecule has 0 spiro atoms. The summed E-state index contributed by atoms with van der Waals surface area (Å²) in [6.07, 6.45) is 0.627. The van der Waals surface area contributed by atoms with Gasteiger partial charge >= 0.3 is 0 Å². The lowest BCUT2D eigenvalue weighted by molar-refractivity contribution is -0.384. The number of methoxy groups -OCH3 is 1. The Bertz CT molecular complexity index is 394. The molecule has 0 N–H and O–H groups in total. The van der Waals surface area contributed by atoms with Crippen molar-refractivity contribution < 1.29 is 14.5 Å². The smallest absolute Gasteiger partial charge is 0.270 e. The molecule has 0 aliphatic carbocycles. The van der Waals surface area contributed by atoms with E-state index in [0.717, 1.165) is 4.90 Å². The van der Waals surface area contributed by atoms with Gasteiger partial charge in [0.2, 0.25) is 0 Å². The molecule has 0 radical (unpaired) electrons. The molecule has 0 heterocycles. The zero-order chi connectivity index (χ0) is 12.0. The van der Waals surface area contributed by atoms with Crippen molar-refractivity contribution in [1.82, 2.24) is 0 Å². The van der Waals surface area contributed by atoms with Crippen molar-refractivity contribution in [2.75, 3.05) is 19.5 Å². The van der Waals surface area contributed by atoms with Crippen LogP contribution in [-0.2, 0) is 4.74 Å². The van der Waals surface area contributed by atoms with Crippen LogP contribution in [0.5, 0.6) is 0 Å². The lowest BCUT2D eigenvalue weighted by Crippen LogP contribution is -1.95. The van der Waals surface area contributed by atoms with Gasteiger partial charge in [-0.05, 0) is 6.07 Å². The number of rotatable bonds is 6. The molecule has 6 heteroatoms. The summed E-state index contributed by atoms with van der Waals surface area (Å²) in [5.41, 5.74) is 0.272. The molecule has 0 aliphatic rings. The van der Waals surface area contributed by atoms with Gasteiger partial charge in [0.05, 0.1) is 11.5 Å². The van der Waals surface area contributed by atoms with Gasteiger partial charge in [0.15, 0.2) is 6.29 Å². The number of nitro groups is 1. The molecule has 0 amide bonds. The van der Waals surface area contributed by atoms with E-state index in [-0.39, 0.29) is 5.69 Å². The second-order valence-corrected chi connectivity index (χ2v) is 4.08. The van der Waals surface area contributed by atoms with Crippen molar-refractivity contribution in [2.45, 2.75) is 4.90 Å². The predicted molar refractivity (Wildman–Crippen MR) is 61.1 cm³/mol. The van der Waals surface area contributed by atoms with Crippen LogP contribution in [0, 0.1) is 10.1 Å². The quantitative estimate of drug-likeness (QED) is 0.251. The Labute approximate surface area is 96.9 Å². The Morgan fingerprint density at radius 1 is 1.56 bits per heavy atom. The number of aldehydes is 1. The molecule has 0 atom stereocenters. The first-order valence-electron chi connectivity index (χ1n) is 4.54. The zero-order valence-corrected chi connectivity index (χ0v) is 9.53. The van der Waals surface area contributed by atoms with Crippen molar-refractivity contribution in [1.29, 1.82) is 0 Å². The van der Waals surface area contributed by atoms with Crippen molar-refractivity contribution >= 4 is 23.7 Å². The molecule has 0 bridgehead atoms. The maximum Gasteiger partial charge on any atom is 0.270 e. The summed E-state index contributed by atoms with van der Waals surface area (Å²) in [5.74, 6) is 0.704. The van der Waals surface area contributed by atoms with Crippen molar-refractivity contribution in [3.05, 3.63) is 33.9 Å². The average molecular weight is 241 g/mol. The van der Waals surface area contributed by atoms with Gasteiger partial charge in [-0.1, -0.05) is 0 Å². The fourth-order valence-electron chi connectivity index (χ4n) is 1.11. The van der Waals surface area contributed by atoms with Crippen LogP contribution < -0.4 is 0 Å². The third-order valence-corrected chi connectivity index (χ3v) is 2.93. The fraction of sp³-hybridized carbons (Fsp3) is 0.300. The molecule has 0 aromatic heterocycles. The average Bonchev–Trinajstić information content (AvgIpc) is 2.29. The van der Waals surface area contributed by atoms with Gasteiger partial charge in [-0.25, -0.2) is 0 Å². The van der Waals surface area contributed by atoms with Gasteiger partial charge < -0.3 is 4.74 Å². The minimum absolute atomic E-state index is 0.0711. The van der Waals surface area contributed by atoms with E-state index >= 15 is 0 Å². The summed E-state index contributed by atoms with van der Waals surface area (Å²) < 4.78 is 4.88. The molecule has 86 valence electrons. The number of carbonyl (C=O) groups is 1. The van der Waals surface area contributed by atoms with Crippen LogP contribution in [0.25, 0.3) is 0 Å². The van der Waals surface area contributed by atoms with E-state index < -0.39 is 4.92 Å². The van der Waals surface area contributed by atoms with Gasteiger partial charge in [-0.15, -0.1) is 11.8 Å². The lowest BCUT2D eigenvalue weighted by Gasteiger charge is -2.03. The Hall–Kier alpha value is -1.40. The molecular formula is C10H11NO4S. The Morgan fingerprint density at radius 3 is 2.88 bits per heavy atom. The van der Waals surface area contributed by atoms with E-state index in [4.69, 9.17) is 4.74 Å². The molecule has 16 heavy (non-hydrogen) atoms. The highest BCUT2D eigenvalue weighted by Gasteiger charge is 2.10. The van der Waals surface area contributed by atoms with Crippen LogP contribution in [0.1, 0.15) is 10.4 Å². The summed E-state index contributed by atoms with van der Waals surface area (Å²) >= 11 is 1.44. The van der Waals surface area contributed by atoms with Gasteiger partial charge in [-0.2, -0.15) is 0 Å². The minimum Gasteiger partial charge on any atom is -0.384 e. The Balaban J connectivity index is 2.84. The molecule has 1 rings (SSSR count). The Kier molecular flexibility index (Phi) is 4.94. The van der Waals surface area contributed by atoms with Crippen LogP contribution in [0.3, 0.4) is 0 Å². The Morgan fingerprint density at radius 2 is 2.31 bits per heavy atom. The molecular weight excluding hydrogens is 230 g/mol. The summed E-state index contributed by atoms with van der Waals surface area (Å²) in [4.78, 5) is 21.5. The summed E-state index contributed by atoms with van der Waals surface area (Å²) in [7, 11) is 1.59. The molecule has 1 aromatic rings. The molecule has 0 saturated heterocycles. The number of hydrogen-bond acceptors (Lipinski definition) is 5. The highest BCUT2D eigenvalue weighted by atomic mass is 32.2. The van der Waals surface area contributed by atoms with Crippen LogP contribution in [0.15, 0.2) is 23.1 Å². The number of non-ortho nitro benzene ring substituents is 1. The van der Waals surface area contributed by atoms with Crippen LogP contribution in [-0.4, -0.2) is 30.7 Å². The number of carbonyl (C=O) groups excluding carboxylic acids is 1. The molecule has 5 nitrogen and oxygen atoms in total. The third kappa shape index (κ3) is 3.32. The molecule has 0 aliphatic heterocycles. The molecule has 1 aromatic carbocycles. The maximum absolute atomic E-state index is 10.8. The maximum atomic E-state index is 10.8. The SMILES string of the molecule is COCCSc1ccc([N+](=O)[O-])cc1C=O. The number of thioether (sulfide) groups is 1. The normalized spacial score (nSPS) is 10.1. The number of ether oxygens (including phenoxy) is 1. The highest BCUT2D eigenvalue weighted by molar-refractivity contribution is 7.99.